The van der Waals surface area contributed by atoms with Crippen LogP contribution in [0.1, 0.15) is 17.3 Å². The minimum absolute atomic E-state index is 0.0306. The highest BCUT2D eigenvalue weighted by Gasteiger charge is 2.24. The molecule has 0 aliphatic carbocycles. The van der Waals surface area contributed by atoms with Gasteiger partial charge in [0.2, 0.25) is 0 Å². The molecule has 0 bridgehead atoms. The van der Waals surface area contributed by atoms with Gasteiger partial charge in [0.25, 0.3) is 5.91 Å². The van der Waals surface area contributed by atoms with Crippen molar-refractivity contribution >= 4 is 5.91 Å². The predicted molar refractivity (Wildman–Crippen MR) is 66.0 cm³/mol. The average Bonchev–Trinajstić information content (AvgIpc) is 2.37. The number of benzene rings is 1. The second-order valence-electron chi connectivity index (χ2n) is 4.32. The quantitative estimate of drug-likeness (QED) is 0.859. The lowest BCUT2D eigenvalue weighted by Crippen LogP contribution is -2.44. The smallest absolute Gasteiger partial charge is 0.257 e. The van der Waals surface area contributed by atoms with Gasteiger partial charge >= 0.3 is 0 Å². The molecule has 1 aliphatic heterocycles. The van der Waals surface area contributed by atoms with E-state index in [1.807, 2.05) is 6.92 Å². The highest BCUT2D eigenvalue weighted by molar-refractivity contribution is 5.97. The largest absolute Gasteiger partial charge is 0.507 e. The topological polar surface area (TPSA) is 59.0 Å². The molecule has 0 aromatic heterocycles. The maximum absolute atomic E-state index is 12.2. The summed E-state index contributed by atoms with van der Waals surface area (Å²) in [6.07, 6.45) is 0.0306. The van der Waals surface area contributed by atoms with E-state index in [4.69, 9.17) is 9.47 Å². The third-order valence-corrected chi connectivity index (χ3v) is 2.96. The first kappa shape index (κ1) is 12.7. The second-order valence-corrected chi connectivity index (χ2v) is 4.32. The summed E-state index contributed by atoms with van der Waals surface area (Å²) in [5, 5.41) is 9.83. The second kappa shape index (κ2) is 5.27. The number of carbonyl (C=O) groups excluding carboxylic acids is 1. The Hall–Kier alpha value is -1.75. The molecular weight excluding hydrogens is 234 g/mol. The van der Waals surface area contributed by atoms with E-state index in [2.05, 4.69) is 0 Å². The van der Waals surface area contributed by atoms with E-state index in [0.29, 0.717) is 31.0 Å². The first-order valence-electron chi connectivity index (χ1n) is 5.89. The Morgan fingerprint density at radius 3 is 2.94 bits per heavy atom. The number of rotatable bonds is 2. The molecule has 1 fully saturated rings. The standard InChI is InChI=1S/C13H17NO4/c1-9-8-14(5-6-18-9)13(16)11-4-3-10(17-2)7-12(11)15/h3-4,7,9,15H,5-6,8H2,1-2H3. The maximum Gasteiger partial charge on any atom is 0.257 e. The molecule has 1 saturated heterocycles. The van der Waals surface area contributed by atoms with Crippen molar-refractivity contribution in [2.24, 2.45) is 0 Å². The van der Waals surface area contributed by atoms with Crippen LogP contribution in [0.3, 0.4) is 0 Å². The van der Waals surface area contributed by atoms with Crippen LogP contribution in [0.25, 0.3) is 0 Å². The van der Waals surface area contributed by atoms with E-state index < -0.39 is 0 Å². The van der Waals surface area contributed by atoms with Crippen LogP contribution in [-0.2, 0) is 4.74 Å². The van der Waals surface area contributed by atoms with E-state index in [1.165, 1.54) is 13.2 Å². The van der Waals surface area contributed by atoms with Crippen molar-refractivity contribution in [1.29, 1.82) is 0 Å². The fraction of sp³-hybridized carbons (Fsp3) is 0.462. The fourth-order valence-corrected chi connectivity index (χ4v) is 1.99. The van der Waals surface area contributed by atoms with Crippen LogP contribution >= 0.6 is 0 Å². The Labute approximate surface area is 106 Å². The van der Waals surface area contributed by atoms with Gasteiger partial charge in [-0.2, -0.15) is 0 Å². The van der Waals surface area contributed by atoms with Gasteiger partial charge in [0.15, 0.2) is 0 Å². The van der Waals surface area contributed by atoms with E-state index in [1.54, 1.807) is 17.0 Å². The third kappa shape index (κ3) is 2.56. The molecule has 0 spiro atoms. The summed E-state index contributed by atoms with van der Waals surface area (Å²) in [5.74, 6) is 0.295. The number of hydrogen-bond acceptors (Lipinski definition) is 4. The highest BCUT2D eigenvalue weighted by Crippen LogP contribution is 2.25. The Kier molecular flexibility index (Phi) is 3.72. The monoisotopic (exact) mass is 251 g/mol. The Morgan fingerprint density at radius 1 is 1.56 bits per heavy atom. The molecule has 2 rings (SSSR count). The molecule has 1 aliphatic rings. The number of methoxy groups -OCH3 is 1. The number of aromatic hydroxyl groups is 1. The minimum atomic E-state index is -0.176. The summed E-state index contributed by atoms with van der Waals surface area (Å²) in [7, 11) is 1.51. The van der Waals surface area contributed by atoms with E-state index in [0.717, 1.165) is 0 Å². The number of nitrogens with zero attached hydrogens (tertiary/aromatic N) is 1. The molecule has 1 aromatic carbocycles. The summed E-state index contributed by atoms with van der Waals surface area (Å²) in [5.41, 5.74) is 0.296. The van der Waals surface area contributed by atoms with E-state index in [9.17, 15) is 9.90 Å². The van der Waals surface area contributed by atoms with E-state index in [-0.39, 0.29) is 17.8 Å². The summed E-state index contributed by atoms with van der Waals surface area (Å²) >= 11 is 0. The first-order valence-corrected chi connectivity index (χ1v) is 5.89. The Balaban J connectivity index is 2.17. The molecule has 1 unspecified atom stereocenters. The van der Waals surface area contributed by atoms with E-state index >= 15 is 0 Å². The summed E-state index contributed by atoms with van der Waals surface area (Å²) in [6, 6.07) is 4.69. The molecule has 5 nitrogen and oxygen atoms in total. The minimum Gasteiger partial charge on any atom is -0.507 e. The molecule has 5 heteroatoms. The van der Waals surface area contributed by atoms with Gasteiger partial charge in [0.05, 0.1) is 25.4 Å². The molecule has 1 atom stereocenters. The van der Waals surface area contributed by atoms with Gasteiger partial charge in [-0.3, -0.25) is 4.79 Å². The molecule has 98 valence electrons. The Morgan fingerprint density at radius 2 is 2.33 bits per heavy atom. The number of amides is 1. The third-order valence-electron chi connectivity index (χ3n) is 2.96. The lowest BCUT2D eigenvalue weighted by atomic mass is 10.1. The van der Waals surface area contributed by atoms with Crippen molar-refractivity contribution in [3.05, 3.63) is 23.8 Å². The average molecular weight is 251 g/mol. The maximum atomic E-state index is 12.2. The van der Waals surface area contributed by atoms with Crippen molar-refractivity contribution in [2.45, 2.75) is 13.0 Å². The van der Waals surface area contributed by atoms with Crippen molar-refractivity contribution in [3.63, 3.8) is 0 Å². The van der Waals surface area contributed by atoms with Crippen LogP contribution in [0.4, 0.5) is 0 Å². The van der Waals surface area contributed by atoms with Gasteiger partial charge in [-0.1, -0.05) is 0 Å². The molecular formula is C13H17NO4. The molecule has 0 radical (unpaired) electrons. The number of morpholine rings is 1. The lowest BCUT2D eigenvalue weighted by Gasteiger charge is -2.31. The zero-order valence-electron chi connectivity index (χ0n) is 10.5. The first-order chi connectivity index (χ1) is 8.61. The van der Waals surface area contributed by atoms with Gasteiger partial charge in [0.1, 0.15) is 11.5 Å². The molecule has 1 N–H and O–H groups in total. The van der Waals surface area contributed by atoms with Crippen LogP contribution < -0.4 is 4.74 Å². The lowest BCUT2D eigenvalue weighted by molar-refractivity contribution is -0.0125. The van der Waals surface area contributed by atoms with Crippen LogP contribution in [0.2, 0.25) is 0 Å². The van der Waals surface area contributed by atoms with Gasteiger partial charge in [0, 0.05) is 19.2 Å². The molecule has 0 saturated carbocycles. The van der Waals surface area contributed by atoms with Gasteiger partial charge in [-0.25, -0.2) is 0 Å². The van der Waals surface area contributed by atoms with Crippen molar-refractivity contribution in [3.8, 4) is 11.5 Å². The van der Waals surface area contributed by atoms with Gasteiger partial charge < -0.3 is 19.5 Å². The molecule has 18 heavy (non-hydrogen) atoms. The number of carbonyl (C=O) groups is 1. The van der Waals surface area contributed by atoms with Crippen LogP contribution in [0, 0.1) is 0 Å². The predicted octanol–water partition coefficient (Wildman–Crippen LogP) is 1.26. The molecule has 1 heterocycles. The summed E-state index contributed by atoms with van der Waals surface area (Å²) < 4.78 is 10.4. The summed E-state index contributed by atoms with van der Waals surface area (Å²) in [6.45, 7) is 3.55. The zero-order valence-corrected chi connectivity index (χ0v) is 10.5. The SMILES string of the molecule is COc1ccc(C(=O)N2CCOC(C)C2)c(O)c1. The number of hydrogen-bond donors (Lipinski definition) is 1. The van der Waals surface area contributed by atoms with Gasteiger partial charge in [-0.15, -0.1) is 0 Å². The van der Waals surface area contributed by atoms with Crippen LogP contribution in [0.5, 0.6) is 11.5 Å². The zero-order chi connectivity index (χ0) is 13.1. The molecule has 1 amide bonds. The van der Waals surface area contributed by atoms with Crippen LogP contribution in [0.15, 0.2) is 18.2 Å². The van der Waals surface area contributed by atoms with Crippen molar-refractivity contribution < 1.29 is 19.4 Å². The van der Waals surface area contributed by atoms with Gasteiger partial charge in [-0.05, 0) is 19.1 Å². The number of ether oxygens (including phenoxy) is 2. The normalized spacial score (nSPS) is 19.7. The summed E-state index contributed by atoms with van der Waals surface area (Å²) in [4.78, 5) is 13.9. The highest BCUT2D eigenvalue weighted by atomic mass is 16.5. The van der Waals surface area contributed by atoms with Crippen molar-refractivity contribution in [1.82, 2.24) is 4.90 Å². The number of phenols is 1. The fourth-order valence-electron chi connectivity index (χ4n) is 1.99. The van der Waals surface area contributed by atoms with Crippen molar-refractivity contribution in [2.75, 3.05) is 26.8 Å². The molecule has 1 aromatic rings. The van der Waals surface area contributed by atoms with Crippen LogP contribution in [-0.4, -0.2) is 48.8 Å². The number of phenolic OH excluding ortho intramolecular Hbond substituents is 1. The Bertz CT molecular complexity index is 447.